The smallest absolute Gasteiger partial charge is 0.225 e. The fraction of sp³-hybridized carbons (Fsp3) is 0.158. The van der Waals surface area contributed by atoms with Crippen molar-refractivity contribution < 1.29 is 4.79 Å². The van der Waals surface area contributed by atoms with Crippen LogP contribution in [-0.2, 0) is 10.5 Å². The first-order chi connectivity index (χ1) is 11.3. The van der Waals surface area contributed by atoms with Crippen LogP contribution in [0.3, 0.4) is 0 Å². The summed E-state index contributed by atoms with van der Waals surface area (Å²) in [4.78, 5) is 12.1. The number of benzene rings is 2. The Hall–Kier alpha value is -2.51. The summed E-state index contributed by atoms with van der Waals surface area (Å²) in [6, 6.07) is 22.1. The zero-order chi connectivity index (χ0) is 16.1. The molecule has 0 aliphatic carbocycles. The van der Waals surface area contributed by atoms with Crippen molar-refractivity contribution >= 4 is 17.7 Å². The number of carbonyl (C=O) groups is 1. The maximum Gasteiger partial charge on any atom is 0.225 e. The maximum atomic E-state index is 12.1. The lowest BCUT2D eigenvalue weighted by Crippen LogP contribution is -2.30. The van der Waals surface area contributed by atoms with E-state index in [0.717, 1.165) is 11.3 Å². The molecule has 114 valence electrons. The summed E-state index contributed by atoms with van der Waals surface area (Å²) in [6.07, 6.45) is 0.322. The molecule has 1 amide bonds. The molecule has 0 spiro atoms. The van der Waals surface area contributed by atoms with Gasteiger partial charge in [0.2, 0.25) is 5.91 Å². The molecule has 1 N–H and O–H groups in total. The topological polar surface area (TPSA) is 52.9 Å². The van der Waals surface area contributed by atoms with Gasteiger partial charge in [-0.15, -0.1) is 11.8 Å². The highest BCUT2D eigenvalue weighted by Crippen LogP contribution is 2.36. The average molecular weight is 320 g/mol. The molecular weight excluding hydrogens is 304 g/mol. The third-order valence-corrected chi connectivity index (χ3v) is 4.87. The van der Waals surface area contributed by atoms with Crippen LogP contribution < -0.4 is 5.32 Å². The molecule has 0 fully saturated rings. The van der Waals surface area contributed by atoms with Gasteiger partial charge in [-0.2, -0.15) is 5.26 Å². The van der Waals surface area contributed by atoms with E-state index in [2.05, 4.69) is 11.4 Å². The summed E-state index contributed by atoms with van der Waals surface area (Å²) < 4.78 is 0. The number of hydrogen-bond acceptors (Lipinski definition) is 3. The molecule has 3 rings (SSSR count). The van der Waals surface area contributed by atoms with E-state index in [4.69, 9.17) is 0 Å². The van der Waals surface area contributed by atoms with E-state index in [1.54, 1.807) is 0 Å². The summed E-state index contributed by atoms with van der Waals surface area (Å²) in [7, 11) is 0. The molecule has 3 nitrogen and oxygen atoms in total. The number of nitriles is 1. The second kappa shape index (κ2) is 7.17. The van der Waals surface area contributed by atoms with Crippen LogP contribution in [0.25, 0.3) is 0 Å². The van der Waals surface area contributed by atoms with Crippen molar-refractivity contribution in [1.82, 2.24) is 5.32 Å². The van der Waals surface area contributed by atoms with E-state index in [1.807, 2.05) is 60.7 Å². The molecule has 1 aliphatic rings. The van der Waals surface area contributed by atoms with E-state index in [-0.39, 0.29) is 11.8 Å². The maximum absolute atomic E-state index is 12.1. The largest absolute Gasteiger partial charge is 0.320 e. The third kappa shape index (κ3) is 3.64. The van der Waals surface area contributed by atoms with Crippen molar-refractivity contribution in [3.8, 4) is 6.07 Å². The third-order valence-electron chi connectivity index (χ3n) is 3.78. The number of allylic oxidation sites excluding steroid dienone is 1. The molecule has 23 heavy (non-hydrogen) atoms. The standard InChI is InChI=1S/C19H16N2OS/c20-12-17-16(15-9-5-2-6-10-15)11-18(22)21-19(17)23-13-14-7-3-1-4-8-14/h1-10,16H,11,13H2,(H,21,22)/t16-/m0/s1. The van der Waals surface area contributed by atoms with Crippen molar-refractivity contribution in [2.24, 2.45) is 0 Å². The Bertz CT molecular complexity index is 763. The Morgan fingerprint density at radius 1 is 1.09 bits per heavy atom. The Balaban J connectivity index is 1.87. The van der Waals surface area contributed by atoms with Crippen LogP contribution in [0.15, 0.2) is 71.3 Å². The summed E-state index contributed by atoms with van der Waals surface area (Å²) in [5, 5.41) is 13.2. The van der Waals surface area contributed by atoms with Crippen LogP contribution >= 0.6 is 11.8 Å². The Labute approximate surface area is 140 Å². The average Bonchev–Trinajstić information content (AvgIpc) is 2.61. The molecule has 4 heteroatoms. The van der Waals surface area contributed by atoms with Gasteiger partial charge in [-0.3, -0.25) is 4.79 Å². The molecule has 1 atom stereocenters. The van der Waals surface area contributed by atoms with Crippen LogP contribution in [-0.4, -0.2) is 5.91 Å². The summed E-state index contributed by atoms with van der Waals surface area (Å²) in [5.74, 6) is 0.532. The molecule has 0 unspecified atom stereocenters. The first-order valence-electron chi connectivity index (χ1n) is 7.43. The molecule has 0 radical (unpaired) electrons. The predicted molar refractivity (Wildman–Crippen MR) is 92.3 cm³/mol. The van der Waals surface area contributed by atoms with E-state index < -0.39 is 0 Å². The number of rotatable bonds is 4. The lowest BCUT2D eigenvalue weighted by molar-refractivity contribution is -0.120. The molecular formula is C19H16N2OS. The minimum absolute atomic E-state index is 0.0339. The van der Waals surface area contributed by atoms with Crippen molar-refractivity contribution in [2.45, 2.75) is 18.1 Å². The second-order valence-corrected chi connectivity index (χ2v) is 6.33. The summed E-state index contributed by atoms with van der Waals surface area (Å²) >= 11 is 1.51. The van der Waals surface area contributed by atoms with Gasteiger partial charge in [0.1, 0.15) is 0 Å². The molecule has 0 saturated heterocycles. The monoisotopic (exact) mass is 320 g/mol. The van der Waals surface area contributed by atoms with Gasteiger partial charge >= 0.3 is 0 Å². The normalized spacial score (nSPS) is 17.5. The predicted octanol–water partition coefficient (Wildman–Crippen LogP) is 3.96. The highest BCUT2D eigenvalue weighted by atomic mass is 32.2. The van der Waals surface area contributed by atoms with E-state index >= 15 is 0 Å². The van der Waals surface area contributed by atoms with Crippen molar-refractivity contribution in [3.63, 3.8) is 0 Å². The first kappa shape index (κ1) is 15.4. The highest BCUT2D eigenvalue weighted by molar-refractivity contribution is 8.02. The number of carbonyl (C=O) groups excluding carboxylic acids is 1. The van der Waals surface area contributed by atoms with E-state index in [0.29, 0.717) is 17.0 Å². The summed E-state index contributed by atoms with van der Waals surface area (Å²) in [6.45, 7) is 0. The SMILES string of the molecule is N#CC1=C(SCc2ccccc2)NC(=O)C[C@H]1c1ccccc1. The Morgan fingerprint density at radius 2 is 1.74 bits per heavy atom. The fourth-order valence-corrected chi connectivity index (χ4v) is 3.67. The second-order valence-electron chi connectivity index (χ2n) is 5.34. The zero-order valence-corrected chi connectivity index (χ0v) is 13.3. The molecule has 1 aliphatic heterocycles. The van der Waals surface area contributed by atoms with Gasteiger partial charge in [0.25, 0.3) is 0 Å². The lowest BCUT2D eigenvalue weighted by Gasteiger charge is -2.25. The Kier molecular flexibility index (Phi) is 4.80. The van der Waals surface area contributed by atoms with Crippen LogP contribution in [0.1, 0.15) is 23.5 Å². The van der Waals surface area contributed by atoms with Crippen LogP contribution in [0.4, 0.5) is 0 Å². The van der Waals surface area contributed by atoms with Gasteiger partial charge in [-0.25, -0.2) is 0 Å². The molecule has 0 aromatic heterocycles. The van der Waals surface area contributed by atoms with Gasteiger partial charge in [0.15, 0.2) is 0 Å². The van der Waals surface area contributed by atoms with Crippen molar-refractivity contribution in [3.05, 3.63) is 82.4 Å². The molecule has 0 saturated carbocycles. The van der Waals surface area contributed by atoms with Gasteiger partial charge in [0, 0.05) is 18.1 Å². The minimum atomic E-state index is -0.159. The fourth-order valence-electron chi connectivity index (χ4n) is 2.63. The molecule has 1 heterocycles. The van der Waals surface area contributed by atoms with Crippen LogP contribution in [0, 0.1) is 11.3 Å². The number of amides is 1. The zero-order valence-electron chi connectivity index (χ0n) is 12.5. The number of hydrogen-bond donors (Lipinski definition) is 1. The van der Waals surface area contributed by atoms with Gasteiger partial charge in [0.05, 0.1) is 16.7 Å². The van der Waals surface area contributed by atoms with Gasteiger partial charge < -0.3 is 5.32 Å². The van der Waals surface area contributed by atoms with Crippen LogP contribution in [0.5, 0.6) is 0 Å². The van der Waals surface area contributed by atoms with Crippen molar-refractivity contribution in [2.75, 3.05) is 0 Å². The molecule has 2 aromatic carbocycles. The highest BCUT2D eigenvalue weighted by Gasteiger charge is 2.29. The lowest BCUT2D eigenvalue weighted by atomic mass is 9.87. The van der Waals surface area contributed by atoms with Gasteiger partial charge in [-0.05, 0) is 11.1 Å². The number of thioether (sulfide) groups is 1. The first-order valence-corrected chi connectivity index (χ1v) is 8.42. The van der Waals surface area contributed by atoms with E-state index in [1.165, 1.54) is 17.3 Å². The van der Waals surface area contributed by atoms with Crippen LogP contribution in [0.2, 0.25) is 0 Å². The Morgan fingerprint density at radius 3 is 2.39 bits per heavy atom. The molecule has 0 bridgehead atoms. The number of nitrogens with one attached hydrogen (secondary N) is 1. The summed E-state index contributed by atoms with van der Waals surface area (Å²) in [5.41, 5.74) is 2.83. The molecule has 2 aromatic rings. The van der Waals surface area contributed by atoms with Gasteiger partial charge in [-0.1, -0.05) is 60.7 Å². The number of nitrogens with zero attached hydrogens (tertiary/aromatic N) is 1. The van der Waals surface area contributed by atoms with Crippen molar-refractivity contribution in [1.29, 1.82) is 5.26 Å². The van der Waals surface area contributed by atoms with E-state index in [9.17, 15) is 10.1 Å². The quantitative estimate of drug-likeness (QED) is 0.927. The minimum Gasteiger partial charge on any atom is -0.320 e.